The quantitative estimate of drug-likeness (QED) is 0.119. The highest BCUT2D eigenvalue weighted by molar-refractivity contribution is 6.27. The molecule has 0 aliphatic heterocycles. The van der Waals surface area contributed by atoms with E-state index in [1.54, 1.807) is 0 Å². The van der Waals surface area contributed by atoms with Crippen molar-refractivity contribution in [3.05, 3.63) is 303 Å². The van der Waals surface area contributed by atoms with Crippen LogP contribution in [0.5, 0.6) is 0 Å². The van der Waals surface area contributed by atoms with Gasteiger partial charge >= 0.3 is 0 Å². The predicted molar refractivity (Wildman–Crippen MR) is 355 cm³/mol. The highest BCUT2D eigenvalue weighted by atomic mass is 16.3. The largest absolute Gasteiger partial charge is 0.456 e. The first-order chi connectivity index (χ1) is 51.1. The van der Waals surface area contributed by atoms with Crippen LogP contribution in [0.3, 0.4) is 0 Å². The molecule has 0 radical (unpaired) electrons. The maximum absolute atomic E-state index is 9.54. The van der Waals surface area contributed by atoms with Crippen molar-refractivity contribution in [2.75, 3.05) is 0 Å². The fourth-order valence-corrected chi connectivity index (χ4v) is 12.2. The van der Waals surface area contributed by atoms with E-state index in [2.05, 4.69) is 158 Å². The molecule has 0 atom stereocenters. The first-order valence-corrected chi connectivity index (χ1v) is 26.8. The fourth-order valence-electron chi connectivity index (χ4n) is 12.2. The number of furan rings is 1. The Morgan fingerprint density at radius 3 is 1.13 bits per heavy atom. The fraction of sp³-hybridized carbons (Fsp3) is 0. The third kappa shape index (κ3) is 7.63. The highest BCUT2D eigenvalue weighted by Crippen LogP contribution is 2.47. The second-order valence-electron chi connectivity index (χ2n) is 20.4. The molecule has 0 amide bonds. The number of hydrogen-bond donors (Lipinski definition) is 0. The lowest BCUT2D eigenvalue weighted by molar-refractivity contribution is 0.669. The lowest BCUT2D eigenvalue weighted by atomic mass is 9.85. The highest BCUT2D eigenvalue weighted by Gasteiger charge is 2.19. The average Bonchev–Trinajstić information content (AvgIpc) is 1.65. The van der Waals surface area contributed by atoms with Crippen LogP contribution in [0.25, 0.3) is 175 Å². The van der Waals surface area contributed by atoms with Gasteiger partial charge in [-0.25, -0.2) is 0 Å². The van der Waals surface area contributed by atoms with Crippen molar-refractivity contribution in [2.45, 2.75) is 0 Å². The molecule has 0 spiro atoms. The molecular weight excluding hydrogens is 1000 g/mol. The van der Waals surface area contributed by atoms with Crippen LogP contribution >= 0.6 is 0 Å². The average molecular weight is 1080 g/mol. The van der Waals surface area contributed by atoms with E-state index >= 15 is 0 Å². The molecule has 0 N–H and O–H groups in total. The summed E-state index contributed by atoms with van der Waals surface area (Å²) in [5, 5.41) is 12.3. The van der Waals surface area contributed by atoms with Crippen molar-refractivity contribution in [1.82, 2.24) is 0 Å². The second-order valence-corrected chi connectivity index (χ2v) is 20.4. The van der Waals surface area contributed by atoms with Crippen LogP contribution in [0.15, 0.2) is 307 Å². The Morgan fingerprint density at radius 1 is 0.229 bits per heavy atom. The normalized spacial score (nSPS) is 15.9. The second kappa shape index (κ2) is 18.9. The van der Waals surface area contributed by atoms with E-state index < -0.39 is 222 Å². The van der Waals surface area contributed by atoms with Gasteiger partial charge < -0.3 is 4.42 Å². The zero-order chi connectivity index (χ0) is 75.4. The van der Waals surface area contributed by atoms with E-state index in [1.165, 1.54) is 98.0 Å². The van der Waals surface area contributed by atoms with Crippen molar-refractivity contribution >= 4 is 108 Å². The molecule has 17 aromatic carbocycles. The van der Waals surface area contributed by atoms with Crippen molar-refractivity contribution in [1.29, 1.82) is 0 Å². The molecule has 0 unspecified atom stereocenters. The SMILES string of the molecule is [2H]c1c([2H])c([2H])c(-c2c([2H])c([2H])c(-c3c4c([2H])c([2H])c([2H])c([2H])c4c(-c4c([2H])c([2H])c5oc6c([2H])c([2H])c([2H])c([2H])c6c5c4[2H])c4c([2H])c([2H])c([2H])c([2H])c34)c([2H])c2[2H])c([2H])c1[2H].c1cc(-c2cccc(-c3ccc4ccc5cccc6ccc3c4c56)c2)cc(-c2ccc3ccc4cccc5ccc2c3c45)c1. The summed E-state index contributed by atoms with van der Waals surface area (Å²) < 4.78 is 217. The van der Waals surface area contributed by atoms with Crippen LogP contribution in [0, 0.1) is 0 Å². The molecule has 1 aromatic heterocycles. The summed E-state index contributed by atoms with van der Waals surface area (Å²) >= 11 is 0. The number of para-hydroxylation sites is 1. The van der Waals surface area contributed by atoms with Gasteiger partial charge in [0.15, 0.2) is 0 Å². The van der Waals surface area contributed by atoms with Gasteiger partial charge in [0.25, 0.3) is 0 Å². The Labute approximate surface area is 513 Å². The Hall–Kier alpha value is -10.9. The minimum Gasteiger partial charge on any atom is -0.456 e. The van der Waals surface area contributed by atoms with Crippen molar-refractivity contribution in [3.8, 4) is 66.8 Å². The van der Waals surface area contributed by atoms with E-state index in [4.69, 9.17) is 26.3 Å². The zero-order valence-electron chi connectivity index (χ0n) is 67.4. The molecule has 18 aromatic rings. The molecule has 1 nitrogen and oxygen atoms in total. The molecule has 0 aliphatic carbocycles. The minimum absolute atomic E-state index is 0.396. The number of benzene rings is 17. The van der Waals surface area contributed by atoms with Gasteiger partial charge in [0.2, 0.25) is 0 Å². The lowest BCUT2D eigenvalue weighted by Crippen LogP contribution is -1.91. The third-order valence-electron chi connectivity index (χ3n) is 15.9. The summed E-state index contributed by atoms with van der Waals surface area (Å²) in [7, 11) is 0. The van der Waals surface area contributed by atoms with Gasteiger partial charge in [-0.15, -0.1) is 0 Å². The van der Waals surface area contributed by atoms with Gasteiger partial charge in [0.05, 0.1) is 32.9 Å². The molecule has 0 saturated heterocycles. The molecule has 1 heteroatoms. The van der Waals surface area contributed by atoms with Crippen LogP contribution in [0.4, 0.5) is 0 Å². The van der Waals surface area contributed by atoms with Gasteiger partial charge in [-0.2, -0.15) is 0 Å². The summed E-state index contributed by atoms with van der Waals surface area (Å²) in [4.78, 5) is 0. The summed E-state index contributed by atoms with van der Waals surface area (Å²) in [6.07, 6.45) is 0. The molecule has 83 heavy (non-hydrogen) atoms. The van der Waals surface area contributed by atoms with E-state index in [9.17, 15) is 11.0 Å². The van der Waals surface area contributed by atoms with E-state index in [1.807, 2.05) is 0 Å². The molecule has 0 fully saturated rings. The third-order valence-corrected chi connectivity index (χ3v) is 15.9. The first-order valence-electron chi connectivity index (χ1n) is 38.8. The Balaban J connectivity index is 0.000000166. The van der Waals surface area contributed by atoms with Gasteiger partial charge in [-0.3, -0.25) is 0 Å². The van der Waals surface area contributed by atoms with Crippen LogP contribution in [0.1, 0.15) is 32.9 Å². The maximum atomic E-state index is 9.54. The summed E-state index contributed by atoms with van der Waals surface area (Å²) in [5.41, 5.74) is 2.19. The molecule has 0 aliphatic rings. The van der Waals surface area contributed by atoms with Gasteiger partial charge in [0.1, 0.15) is 11.2 Å². The van der Waals surface area contributed by atoms with Crippen LogP contribution in [0.2, 0.25) is 0 Å². The number of hydrogen-bond acceptors (Lipinski definition) is 1. The summed E-state index contributed by atoms with van der Waals surface area (Å²) in [6, 6.07) is 37.4. The van der Waals surface area contributed by atoms with E-state index in [-0.39, 0.29) is 0 Å². The topological polar surface area (TPSA) is 13.1 Å². The maximum Gasteiger partial charge on any atom is 0.135 e. The molecule has 0 bridgehead atoms. The predicted octanol–water partition coefficient (Wildman–Crippen LogP) is 23.4. The van der Waals surface area contributed by atoms with Crippen LogP contribution in [-0.2, 0) is 0 Å². The minimum atomic E-state index is -1.02. The van der Waals surface area contributed by atoms with E-state index in [0.717, 1.165) is 0 Å². The summed E-state index contributed by atoms with van der Waals surface area (Å²) in [6.45, 7) is 0. The molecule has 0 saturated carbocycles. The Kier molecular flexibility index (Phi) is 6.61. The van der Waals surface area contributed by atoms with Crippen LogP contribution in [-0.4, -0.2) is 0 Å². The standard InChI is InChI=1S/C44H26.C38H24O/c1-5-27-13-15-31-17-21-37(39-23-19-29(7-1)41(27)43(31)39)35-11-3-9-33(25-35)34-10-4-12-36(26-34)38-22-18-32-16-14-28-6-2-8-30-20-24-40(38)44(32)42(28)30;1-2-10-25(11-3-1)26-18-20-27(21-19-26)37-30-13-4-6-15-32(30)38(33-16-7-5-14-31(33)37)28-22-23-36-34(24-28)29-12-8-9-17-35(29)39-36/h1-26H;1-24H/i;1D,2D,3D,4D,5D,6D,7D,8D,9D,10D,11D,12D,13D,14D,15D,16D,17D,18D,19D,20D,21D,22D,23D,24D. The Bertz CT molecular complexity index is 6700. The van der Waals surface area contributed by atoms with E-state index in [0.29, 0.717) is 0 Å². The van der Waals surface area contributed by atoms with Crippen molar-refractivity contribution < 1.29 is 37.3 Å². The van der Waals surface area contributed by atoms with Gasteiger partial charge in [0, 0.05) is 10.8 Å². The van der Waals surface area contributed by atoms with Gasteiger partial charge in [-0.05, 0) is 183 Å². The van der Waals surface area contributed by atoms with Crippen molar-refractivity contribution in [3.63, 3.8) is 0 Å². The molecule has 1 heterocycles. The summed E-state index contributed by atoms with van der Waals surface area (Å²) in [5.74, 6) is 0. The first kappa shape index (κ1) is 29.0. The number of fused-ring (bicyclic) bond motifs is 5. The Morgan fingerprint density at radius 2 is 0.602 bits per heavy atom. The number of rotatable bonds is 6. The molecular formula is C82H50O. The molecule has 384 valence electrons. The van der Waals surface area contributed by atoms with Crippen molar-refractivity contribution in [2.24, 2.45) is 0 Å². The van der Waals surface area contributed by atoms with Crippen LogP contribution < -0.4 is 0 Å². The lowest BCUT2D eigenvalue weighted by Gasteiger charge is -2.18. The smallest absolute Gasteiger partial charge is 0.135 e. The zero-order valence-corrected chi connectivity index (χ0v) is 43.4. The molecule has 18 rings (SSSR count). The van der Waals surface area contributed by atoms with Gasteiger partial charge in [-0.1, -0.05) is 272 Å². The monoisotopic (exact) mass is 1070 g/mol.